The Hall–Kier alpha value is -4.03. The summed E-state index contributed by atoms with van der Waals surface area (Å²) in [6, 6.07) is 12.6. The Kier molecular flexibility index (Phi) is 4.92. The van der Waals surface area contributed by atoms with Crippen molar-refractivity contribution in [1.82, 2.24) is 14.8 Å². The lowest BCUT2D eigenvalue weighted by Gasteiger charge is -2.28. The minimum absolute atomic E-state index is 0.142. The lowest BCUT2D eigenvalue weighted by atomic mass is 10.1. The van der Waals surface area contributed by atoms with Crippen molar-refractivity contribution in [3.8, 4) is 23.0 Å². The van der Waals surface area contributed by atoms with Gasteiger partial charge >= 0.3 is 0 Å². The van der Waals surface area contributed by atoms with E-state index in [1.54, 1.807) is 6.07 Å². The number of benzene rings is 2. The lowest BCUT2D eigenvalue weighted by molar-refractivity contribution is 0.122. The number of aromatic nitrogens is 3. The van der Waals surface area contributed by atoms with Gasteiger partial charge in [0.15, 0.2) is 11.6 Å². The summed E-state index contributed by atoms with van der Waals surface area (Å²) in [7, 11) is 0. The van der Waals surface area contributed by atoms with Gasteiger partial charge in [-0.2, -0.15) is 10.4 Å². The number of ether oxygens (including phenoxy) is 1. The minimum Gasteiger partial charge on any atom is -0.378 e. The van der Waals surface area contributed by atoms with E-state index in [9.17, 15) is 13.6 Å². The van der Waals surface area contributed by atoms with Crippen molar-refractivity contribution in [2.45, 2.75) is 0 Å². The summed E-state index contributed by atoms with van der Waals surface area (Å²) in [6.07, 6.45) is 1.40. The van der Waals surface area contributed by atoms with E-state index in [1.165, 1.54) is 12.3 Å². The van der Waals surface area contributed by atoms with Crippen LogP contribution in [-0.2, 0) is 4.74 Å². The van der Waals surface area contributed by atoms with E-state index in [1.807, 2.05) is 24.3 Å². The number of hydrogen-bond donors (Lipinski definition) is 1. The van der Waals surface area contributed by atoms with Gasteiger partial charge in [-0.15, -0.1) is 0 Å². The molecule has 9 heteroatoms. The SMILES string of the molecule is N#Cc1cc(F)c(-n2nc(-c3ccc(N4CCOCC4)cc3)c3c(=O)[nH]ccc32)c(F)c1. The van der Waals surface area contributed by atoms with Crippen LogP contribution in [0.2, 0.25) is 0 Å². The number of aromatic amines is 1. The van der Waals surface area contributed by atoms with Gasteiger partial charge in [0, 0.05) is 30.5 Å². The molecule has 32 heavy (non-hydrogen) atoms. The third kappa shape index (κ3) is 3.31. The van der Waals surface area contributed by atoms with Crippen LogP contribution in [-0.4, -0.2) is 41.1 Å². The molecule has 3 heterocycles. The minimum atomic E-state index is -0.944. The smallest absolute Gasteiger partial charge is 0.259 e. The van der Waals surface area contributed by atoms with E-state index in [4.69, 9.17) is 10.00 Å². The van der Waals surface area contributed by atoms with Crippen molar-refractivity contribution in [2.24, 2.45) is 0 Å². The molecular formula is C23H17F2N5O2. The molecule has 1 fully saturated rings. The molecule has 2 aromatic heterocycles. The molecule has 1 aliphatic rings. The number of pyridine rings is 1. The van der Waals surface area contributed by atoms with E-state index in [2.05, 4.69) is 15.0 Å². The Morgan fingerprint density at radius 2 is 1.75 bits per heavy atom. The van der Waals surface area contributed by atoms with Crippen LogP contribution in [0.1, 0.15) is 5.56 Å². The molecule has 0 amide bonds. The maximum absolute atomic E-state index is 14.7. The highest BCUT2D eigenvalue weighted by atomic mass is 19.1. The first-order chi connectivity index (χ1) is 15.6. The zero-order valence-corrected chi connectivity index (χ0v) is 16.8. The van der Waals surface area contributed by atoms with Crippen molar-refractivity contribution in [3.63, 3.8) is 0 Å². The summed E-state index contributed by atoms with van der Waals surface area (Å²) in [5.74, 6) is -1.89. The highest BCUT2D eigenvalue weighted by Crippen LogP contribution is 2.31. The van der Waals surface area contributed by atoms with E-state index in [-0.39, 0.29) is 16.5 Å². The number of halogens is 2. The number of nitrogens with one attached hydrogen (secondary N) is 1. The predicted molar refractivity (Wildman–Crippen MR) is 115 cm³/mol. The second kappa shape index (κ2) is 7.90. The molecular weight excluding hydrogens is 416 g/mol. The third-order valence-corrected chi connectivity index (χ3v) is 5.48. The molecule has 0 bridgehead atoms. The highest BCUT2D eigenvalue weighted by molar-refractivity contribution is 5.93. The van der Waals surface area contributed by atoms with E-state index >= 15 is 0 Å². The summed E-state index contributed by atoms with van der Waals surface area (Å²) in [5.41, 5.74) is 1.20. The fourth-order valence-electron chi connectivity index (χ4n) is 3.93. The topological polar surface area (TPSA) is 86.9 Å². The van der Waals surface area contributed by atoms with Gasteiger partial charge in [-0.3, -0.25) is 4.79 Å². The molecule has 7 nitrogen and oxygen atoms in total. The summed E-state index contributed by atoms with van der Waals surface area (Å²) in [5, 5.41) is 13.6. The fraction of sp³-hybridized carbons (Fsp3) is 0.174. The number of morpholine rings is 1. The molecule has 0 spiro atoms. The van der Waals surface area contributed by atoms with Crippen LogP contribution in [0.4, 0.5) is 14.5 Å². The Bertz CT molecular complexity index is 1390. The van der Waals surface area contributed by atoms with Crippen LogP contribution in [0.5, 0.6) is 0 Å². The molecule has 4 aromatic rings. The normalized spacial score (nSPS) is 14.0. The Morgan fingerprint density at radius 1 is 1.06 bits per heavy atom. The second-order valence-electron chi connectivity index (χ2n) is 7.37. The molecule has 0 aliphatic carbocycles. The van der Waals surface area contributed by atoms with Crippen LogP contribution in [0.25, 0.3) is 27.8 Å². The van der Waals surface area contributed by atoms with Gasteiger partial charge in [-0.1, -0.05) is 12.1 Å². The van der Waals surface area contributed by atoms with Gasteiger partial charge in [-0.25, -0.2) is 13.5 Å². The van der Waals surface area contributed by atoms with E-state index in [0.717, 1.165) is 35.6 Å². The van der Waals surface area contributed by atoms with Crippen LogP contribution in [0.15, 0.2) is 53.5 Å². The molecule has 1 saturated heterocycles. The van der Waals surface area contributed by atoms with Gasteiger partial charge < -0.3 is 14.6 Å². The first-order valence-electron chi connectivity index (χ1n) is 10.00. The Balaban J connectivity index is 1.66. The molecule has 2 aromatic carbocycles. The van der Waals surface area contributed by atoms with Gasteiger partial charge in [0.1, 0.15) is 11.4 Å². The highest BCUT2D eigenvalue weighted by Gasteiger charge is 2.22. The van der Waals surface area contributed by atoms with Crippen molar-refractivity contribution in [1.29, 1.82) is 5.26 Å². The largest absolute Gasteiger partial charge is 0.378 e. The molecule has 0 radical (unpaired) electrons. The van der Waals surface area contributed by atoms with Crippen molar-refractivity contribution in [3.05, 3.63) is 76.2 Å². The maximum Gasteiger partial charge on any atom is 0.259 e. The molecule has 1 aliphatic heterocycles. The van der Waals surface area contributed by atoms with Crippen molar-refractivity contribution >= 4 is 16.6 Å². The van der Waals surface area contributed by atoms with Crippen molar-refractivity contribution in [2.75, 3.05) is 31.2 Å². The Morgan fingerprint density at radius 3 is 2.41 bits per heavy atom. The van der Waals surface area contributed by atoms with Crippen molar-refractivity contribution < 1.29 is 13.5 Å². The molecule has 0 atom stereocenters. The Labute approximate surface area is 181 Å². The number of fused-ring (bicyclic) bond motifs is 1. The average molecular weight is 433 g/mol. The molecule has 0 saturated carbocycles. The summed E-state index contributed by atoms with van der Waals surface area (Å²) >= 11 is 0. The summed E-state index contributed by atoms with van der Waals surface area (Å²) in [6.45, 7) is 2.89. The summed E-state index contributed by atoms with van der Waals surface area (Å²) in [4.78, 5) is 17.4. The zero-order valence-electron chi connectivity index (χ0n) is 16.8. The molecule has 1 N–H and O–H groups in total. The zero-order chi connectivity index (χ0) is 22.2. The molecule has 160 valence electrons. The quantitative estimate of drug-likeness (QED) is 0.535. The predicted octanol–water partition coefficient (Wildman–Crippen LogP) is 3.37. The number of nitriles is 1. The average Bonchev–Trinajstić information content (AvgIpc) is 3.20. The first-order valence-corrected chi connectivity index (χ1v) is 10.00. The number of H-pyrrole nitrogens is 1. The number of anilines is 1. The molecule has 0 unspecified atom stereocenters. The molecule has 5 rings (SSSR count). The van der Waals surface area contributed by atoms with Crippen LogP contribution in [0.3, 0.4) is 0 Å². The van der Waals surface area contributed by atoms with Gasteiger partial charge in [0.2, 0.25) is 0 Å². The number of rotatable bonds is 3. The standard InChI is InChI=1S/C23H17F2N5O2/c24-17-11-14(13-26)12-18(25)22(17)30-19-5-6-27-23(31)20(19)21(28-30)15-1-3-16(4-2-15)29-7-9-32-10-8-29/h1-6,11-12H,7-10H2,(H,27,31). The van der Waals surface area contributed by atoms with Crippen LogP contribution in [0, 0.1) is 23.0 Å². The lowest BCUT2D eigenvalue weighted by Crippen LogP contribution is -2.36. The van der Waals surface area contributed by atoms with Crippen LogP contribution >= 0.6 is 0 Å². The summed E-state index contributed by atoms with van der Waals surface area (Å²) < 4.78 is 35.9. The van der Waals surface area contributed by atoms with Gasteiger partial charge in [0.25, 0.3) is 5.56 Å². The first kappa shape index (κ1) is 19.9. The maximum atomic E-state index is 14.7. The number of hydrogen-bond acceptors (Lipinski definition) is 5. The van der Waals surface area contributed by atoms with Gasteiger partial charge in [-0.05, 0) is 30.3 Å². The third-order valence-electron chi connectivity index (χ3n) is 5.48. The number of nitrogens with zero attached hydrogens (tertiary/aromatic N) is 4. The van der Waals surface area contributed by atoms with Crippen LogP contribution < -0.4 is 10.5 Å². The van der Waals surface area contributed by atoms with E-state index in [0.29, 0.717) is 24.5 Å². The van der Waals surface area contributed by atoms with Gasteiger partial charge in [0.05, 0.1) is 35.7 Å². The van der Waals surface area contributed by atoms with E-state index < -0.39 is 22.9 Å². The second-order valence-corrected chi connectivity index (χ2v) is 7.37. The monoisotopic (exact) mass is 433 g/mol. The fourth-order valence-corrected chi connectivity index (χ4v) is 3.93.